The SMILES string of the molecule is c1ccc(CSCC2OCCO2)cc1. The van der Waals surface area contributed by atoms with Gasteiger partial charge in [0.1, 0.15) is 0 Å². The highest BCUT2D eigenvalue weighted by Crippen LogP contribution is 2.16. The van der Waals surface area contributed by atoms with Crippen molar-refractivity contribution in [3.63, 3.8) is 0 Å². The smallest absolute Gasteiger partial charge is 0.166 e. The van der Waals surface area contributed by atoms with E-state index in [1.165, 1.54) is 5.56 Å². The maximum absolute atomic E-state index is 5.35. The lowest BCUT2D eigenvalue weighted by molar-refractivity contribution is -0.0214. The highest BCUT2D eigenvalue weighted by Gasteiger charge is 2.14. The van der Waals surface area contributed by atoms with Gasteiger partial charge in [0.05, 0.1) is 13.2 Å². The lowest BCUT2D eigenvalue weighted by Crippen LogP contribution is -2.10. The van der Waals surface area contributed by atoms with Gasteiger partial charge in [-0.25, -0.2) is 0 Å². The highest BCUT2D eigenvalue weighted by molar-refractivity contribution is 7.98. The van der Waals surface area contributed by atoms with Crippen molar-refractivity contribution in [2.24, 2.45) is 0 Å². The molecule has 0 bridgehead atoms. The molecule has 0 N–H and O–H groups in total. The first-order valence-electron chi connectivity index (χ1n) is 4.80. The molecule has 1 fully saturated rings. The molecule has 0 atom stereocenters. The van der Waals surface area contributed by atoms with Crippen LogP contribution in [0.4, 0.5) is 0 Å². The van der Waals surface area contributed by atoms with Crippen LogP contribution in [0.25, 0.3) is 0 Å². The van der Waals surface area contributed by atoms with E-state index in [1.54, 1.807) is 0 Å². The largest absolute Gasteiger partial charge is 0.349 e. The van der Waals surface area contributed by atoms with Gasteiger partial charge in [0.15, 0.2) is 6.29 Å². The zero-order chi connectivity index (χ0) is 9.64. The molecule has 0 spiro atoms. The quantitative estimate of drug-likeness (QED) is 0.759. The highest BCUT2D eigenvalue weighted by atomic mass is 32.2. The van der Waals surface area contributed by atoms with Gasteiger partial charge in [0.2, 0.25) is 0 Å². The lowest BCUT2D eigenvalue weighted by Gasteiger charge is -2.07. The normalized spacial score (nSPS) is 17.4. The first kappa shape index (κ1) is 10.0. The molecule has 0 radical (unpaired) electrons. The molecule has 1 aromatic carbocycles. The molecule has 1 aliphatic heterocycles. The van der Waals surface area contributed by atoms with Gasteiger partial charge in [0, 0.05) is 11.5 Å². The van der Waals surface area contributed by atoms with Gasteiger partial charge in [-0.3, -0.25) is 0 Å². The fourth-order valence-corrected chi connectivity index (χ4v) is 2.28. The van der Waals surface area contributed by atoms with Crippen molar-refractivity contribution in [3.05, 3.63) is 35.9 Å². The van der Waals surface area contributed by atoms with Crippen LogP contribution in [0.3, 0.4) is 0 Å². The Labute approximate surface area is 88.6 Å². The average molecular weight is 210 g/mol. The molecule has 1 saturated heterocycles. The summed E-state index contributed by atoms with van der Waals surface area (Å²) in [5.74, 6) is 1.96. The molecule has 1 aliphatic rings. The molecule has 0 unspecified atom stereocenters. The van der Waals surface area contributed by atoms with Crippen molar-refractivity contribution < 1.29 is 9.47 Å². The second-order valence-electron chi connectivity index (χ2n) is 3.17. The van der Waals surface area contributed by atoms with E-state index in [1.807, 2.05) is 17.8 Å². The maximum atomic E-state index is 5.35. The summed E-state index contributed by atoms with van der Waals surface area (Å²) in [6, 6.07) is 10.5. The Kier molecular flexibility index (Phi) is 3.86. The molecule has 2 nitrogen and oxygen atoms in total. The minimum atomic E-state index is 0.0173. The Bertz CT molecular complexity index is 257. The monoisotopic (exact) mass is 210 g/mol. The molecule has 14 heavy (non-hydrogen) atoms. The average Bonchev–Trinajstić information content (AvgIpc) is 2.72. The van der Waals surface area contributed by atoms with E-state index in [-0.39, 0.29) is 6.29 Å². The molecule has 2 rings (SSSR count). The Morgan fingerprint density at radius 3 is 2.57 bits per heavy atom. The molecule has 1 heterocycles. The topological polar surface area (TPSA) is 18.5 Å². The Balaban J connectivity index is 1.67. The summed E-state index contributed by atoms with van der Waals surface area (Å²) in [5.41, 5.74) is 1.36. The molecule has 0 aromatic heterocycles. The molecular weight excluding hydrogens is 196 g/mol. The summed E-state index contributed by atoms with van der Waals surface area (Å²) in [5, 5.41) is 0. The Morgan fingerprint density at radius 1 is 1.14 bits per heavy atom. The molecule has 0 aliphatic carbocycles. The third kappa shape index (κ3) is 3.01. The molecule has 0 amide bonds. The van der Waals surface area contributed by atoms with Crippen LogP contribution in [-0.4, -0.2) is 25.3 Å². The fourth-order valence-electron chi connectivity index (χ4n) is 1.35. The van der Waals surface area contributed by atoms with Crippen molar-refractivity contribution >= 4 is 11.8 Å². The first-order valence-corrected chi connectivity index (χ1v) is 5.95. The van der Waals surface area contributed by atoms with Gasteiger partial charge in [-0.05, 0) is 5.56 Å². The van der Waals surface area contributed by atoms with E-state index in [4.69, 9.17) is 9.47 Å². The predicted molar refractivity (Wildman–Crippen MR) is 58.3 cm³/mol. The summed E-state index contributed by atoms with van der Waals surface area (Å²) < 4.78 is 10.7. The van der Waals surface area contributed by atoms with Crippen LogP contribution in [0.1, 0.15) is 5.56 Å². The van der Waals surface area contributed by atoms with Crippen LogP contribution >= 0.6 is 11.8 Å². The summed E-state index contributed by atoms with van der Waals surface area (Å²) in [6.45, 7) is 1.49. The van der Waals surface area contributed by atoms with Gasteiger partial charge in [-0.15, -0.1) is 0 Å². The van der Waals surface area contributed by atoms with Gasteiger partial charge >= 0.3 is 0 Å². The minimum Gasteiger partial charge on any atom is -0.349 e. The van der Waals surface area contributed by atoms with Gasteiger partial charge < -0.3 is 9.47 Å². The van der Waals surface area contributed by atoms with E-state index in [0.29, 0.717) is 0 Å². The number of thioether (sulfide) groups is 1. The molecule has 0 saturated carbocycles. The van der Waals surface area contributed by atoms with Crippen LogP contribution in [0.15, 0.2) is 30.3 Å². The van der Waals surface area contributed by atoms with Gasteiger partial charge in [-0.1, -0.05) is 30.3 Å². The molecule has 1 aromatic rings. The third-order valence-electron chi connectivity index (χ3n) is 2.06. The number of hydrogen-bond acceptors (Lipinski definition) is 3. The molecule has 3 heteroatoms. The number of hydrogen-bond donors (Lipinski definition) is 0. The van der Waals surface area contributed by atoms with E-state index in [2.05, 4.69) is 24.3 Å². The number of rotatable bonds is 4. The van der Waals surface area contributed by atoms with Crippen LogP contribution in [0.2, 0.25) is 0 Å². The van der Waals surface area contributed by atoms with Crippen LogP contribution in [0.5, 0.6) is 0 Å². The van der Waals surface area contributed by atoms with Crippen molar-refractivity contribution in [1.29, 1.82) is 0 Å². The Morgan fingerprint density at radius 2 is 1.86 bits per heavy atom. The van der Waals surface area contributed by atoms with Crippen molar-refractivity contribution in [2.75, 3.05) is 19.0 Å². The second-order valence-corrected chi connectivity index (χ2v) is 4.20. The number of benzene rings is 1. The standard InChI is InChI=1S/C11H14O2S/c1-2-4-10(5-3-1)8-14-9-11-12-6-7-13-11/h1-5,11H,6-9H2. The van der Waals surface area contributed by atoms with Crippen LogP contribution < -0.4 is 0 Å². The maximum Gasteiger partial charge on any atom is 0.166 e. The molecule has 76 valence electrons. The third-order valence-corrected chi connectivity index (χ3v) is 3.10. The number of ether oxygens (including phenoxy) is 2. The summed E-state index contributed by atoms with van der Waals surface area (Å²) in [7, 11) is 0. The van der Waals surface area contributed by atoms with Crippen molar-refractivity contribution in [3.8, 4) is 0 Å². The first-order chi connectivity index (χ1) is 6.95. The lowest BCUT2D eigenvalue weighted by atomic mass is 10.2. The van der Waals surface area contributed by atoms with Crippen LogP contribution in [-0.2, 0) is 15.2 Å². The fraction of sp³-hybridized carbons (Fsp3) is 0.455. The van der Waals surface area contributed by atoms with E-state index >= 15 is 0 Å². The summed E-state index contributed by atoms with van der Waals surface area (Å²) >= 11 is 1.85. The van der Waals surface area contributed by atoms with E-state index in [9.17, 15) is 0 Å². The summed E-state index contributed by atoms with van der Waals surface area (Å²) in [4.78, 5) is 0. The van der Waals surface area contributed by atoms with E-state index < -0.39 is 0 Å². The van der Waals surface area contributed by atoms with Crippen molar-refractivity contribution in [1.82, 2.24) is 0 Å². The predicted octanol–water partition coefficient (Wildman–Crippen LogP) is 2.29. The van der Waals surface area contributed by atoms with Gasteiger partial charge in [0.25, 0.3) is 0 Å². The van der Waals surface area contributed by atoms with Crippen molar-refractivity contribution in [2.45, 2.75) is 12.0 Å². The van der Waals surface area contributed by atoms with E-state index in [0.717, 1.165) is 24.7 Å². The second kappa shape index (κ2) is 5.39. The summed E-state index contributed by atoms with van der Waals surface area (Å²) in [6.07, 6.45) is 0.0173. The van der Waals surface area contributed by atoms with Gasteiger partial charge in [-0.2, -0.15) is 11.8 Å². The van der Waals surface area contributed by atoms with Crippen LogP contribution in [0, 0.1) is 0 Å². The molecular formula is C11H14O2S. The minimum absolute atomic E-state index is 0.0173. The zero-order valence-electron chi connectivity index (χ0n) is 8.02. The Hall–Kier alpha value is -0.510. The zero-order valence-corrected chi connectivity index (χ0v) is 8.83.